The average molecular weight is 422 g/mol. The Morgan fingerprint density at radius 3 is 2.87 bits per heavy atom. The molecule has 1 aliphatic rings. The summed E-state index contributed by atoms with van der Waals surface area (Å²) in [5, 5.41) is 8.66. The molecule has 0 aliphatic heterocycles. The Morgan fingerprint density at radius 1 is 1.13 bits per heavy atom. The molecule has 9 heteroatoms. The molecule has 5 rings (SSSR count). The van der Waals surface area contributed by atoms with Crippen LogP contribution in [0.4, 0.5) is 5.13 Å². The number of hydrogen-bond acceptors (Lipinski definition) is 8. The monoisotopic (exact) mass is 421 g/mol. The van der Waals surface area contributed by atoms with E-state index >= 15 is 0 Å². The van der Waals surface area contributed by atoms with Gasteiger partial charge < -0.3 is 10.1 Å². The van der Waals surface area contributed by atoms with Gasteiger partial charge in [0.05, 0.1) is 22.6 Å². The summed E-state index contributed by atoms with van der Waals surface area (Å²) >= 11 is 1.65. The summed E-state index contributed by atoms with van der Waals surface area (Å²) in [6.45, 7) is 2.28. The maximum atomic E-state index is 5.93. The van der Waals surface area contributed by atoms with Gasteiger partial charge in [-0.2, -0.15) is 10.1 Å². The number of thiazole rings is 1. The van der Waals surface area contributed by atoms with E-state index in [1.54, 1.807) is 30.1 Å². The van der Waals surface area contributed by atoms with Gasteiger partial charge in [0.2, 0.25) is 5.88 Å². The topological polar surface area (TPSA) is 90.6 Å². The molecule has 1 atom stereocenters. The van der Waals surface area contributed by atoms with Gasteiger partial charge >= 0.3 is 0 Å². The van der Waals surface area contributed by atoms with Crippen LogP contribution in [0.2, 0.25) is 0 Å². The number of benzene rings is 1. The average Bonchev–Trinajstić information content (AvgIpc) is 3.44. The number of aromatic nitrogens is 6. The second kappa shape index (κ2) is 8.35. The lowest BCUT2D eigenvalue weighted by Crippen LogP contribution is -2.27. The Bertz CT molecular complexity index is 1120. The van der Waals surface area contributed by atoms with Crippen LogP contribution in [-0.2, 0) is 0 Å². The Kier molecular flexibility index (Phi) is 5.27. The highest BCUT2D eigenvalue weighted by atomic mass is 32.1. The third-order valence-corrected chi connectivity index (χ3v) is 6.49. The molecule has 0 unspecified atom stereocenters. The van der Waals surface area contributed by atoms with E-state index in [0.717, 1.165) is 21.3 Å². The number of ether oxygens (including phenoxy) is 1. The van der Waals surface area contributed by atoms with Crippen LogP contribution >= 0.6 is 11.3 Å². The molecule has 8 nitrogen and oxygen atoms in total. The van der Waals surface area contributed by atoms with Crippen LogP contribution in [0.3, 0.4) is 0 Å². The minimum atomic E-state index is 0.399. The van der Waals surface area contributed by atoms with Crippen LogP contribution in [0, 0.1) is 5.92 Å². The Hall–Kier alpha value is -3.07. The van der Waals surface area contributed by atoms with Crippen LogP contribution in [-0.4, -0.2) is 35.8 Å². The van der Waals surface area contributed by atoms with Crippen molar-refractivity contribution in [2.75, 3.05) is 5.32 Å². The van der Waals surface area contributed by atoms with E-state index in [2.05, 4.69) is 32.3 Å². The molecule has 154 valence electrons. The first-order valence-electron chi connectivity index (χ1n) is 10.3. The summed E-state index contributed by atoms with van der Waals surface area (Å²) < 4.78 is 8.55. The normalized spacial score (nSPS) is 15.9. The van der Waals surface area contributed by atoms with Crippen LogP contribution in [0.5, 0.6) is 11.6 Å². The van der Waals surface area contributed by atoms with Gasteiger partial charge in [0, 0.05) is 12.1 Å². The predicted molar refractivity (Wildman–Crippen MR) is 116 cm³/mol. The van der Waals surface area contributed by atoms with Crippen molar-refractivity contribution in [2.24, 2.45) is 5.92 Å². The van der Waals surface area contributed by atoms with Crippen molar-refractivity contribution in [2.45, 2.75) is 45.1 Å². The van der Waals surface area contributed by atoms with Gasteiger partial charge in [0.15, 0.2) is 10.9 Å². The standard InChI is InChI=1S/C21H23N7OS/c1-14(15-5-3-2-4-6-15)25-21-26-17-8-7-16(9-18(17)30-21)29-20-11-22-10-19(27-20)28-13-23-12-24-28/h7-15H,2-6H2,1H3,(H,25,26)/t14-/m0/s1. The van der Waals surface area contributed by atoms with Crippen molar-refractivity contribution in [1.29, 1.82) is 0 Å². The molecule has 1 saturated carbocycles. The summed E-state index contributed by atoms with van der Waals surface area (Å²) in [5.41, 5.74) is 0.966. The van der Waals surface area contributed by atoms with Crippen LogP contribution in [0.25, 0.3) is 16.0 Å². The third-order valence-electron chi connectivity index (χ3n) is 5.54. The van der Waals surface area contributed by atoms with Gasteiger partial charge in [-0.3, -0.25) is 4.98 Å². The lowest BCUT2D eigenvalue weighted by Gasteiger charge is -2.28. The molecule has 1 N–H and O–H groups in total. The van der Waals surface area contributed by atoms with Crippen molar-refractivity contribution in [1.82, 2.24) is 29.7 Å². The smallest absolute Gasteiger partial charge is 0.239 e. The zero-order valence-electron chi connectivity index (χ0n) is 16.7. The molecule has 0 radical (unpaired) electrons. The predicted octanol–water partition coefficient (Wildman–Crippen LogP) is 4.84. The van der Waals surface area contributed by atoms with E-state index in [4.69, 9.17) is 9.72 Å². The second-order valence-electron chi connectivity index (χ2n) is 7.64. The van der Waals surface area contributed by atoms with E-state index in [1.807, 2.05) is 18.2 Å². The van der Waals surface area contributed by atoms with Crippen LogP contribution in [0.1, 0.15) is 39.0 Å². The maximum Gasteiger partial charge on any atom is 0.239 e. The third kappa shape index (κ3) is 4.11. The molecule has 3 aromatic heterocycles. The summed E-state index contributed by atoms with van der Waals surface area (Å²) in [7, 11) is 0. The molecule has 1 aromatic carbocycles. The fraction of sp³-hybridized carbons (Fsp3) is 0.381. The van der Waals surface area contributed by atoms with Crippen molar-refractivity contribution < 1.29 is 4.74 Å². The largest absolute Gasteiger partial charge is 0.437 e. The number of nitrogens with zero attached hydrogens (tertiary/aromatic N) is 6. The van der Waals surface area contributed by atoms with Crippen molar-refractivity contribution in [3.05, 3.63) is 43.2 Å². The number of rotatable bonds is 6. The van der Waals surface area contributed by atoms with Gasteiger partial charge in [-0.1, -0.05) is 30.6 Å². The number of fused-ring (bicyclic) bond motifs is 1. The minimum absolute atomic E-state index is 0.399. The summed E-state index contributed by atoms with van der Waals surface area (Å²) in [6.07, 6.45) is 12.9. The Labute approximate surface area is 178 Å². The van der Waals surface area contributed by atoms with Crippen molar-refractivity contribution in [3.63, 3.8) is 0 Å². The molecular weight excluding hydrogens is 398 g/mol. The van der Waals surface area contributed by atoms with E-state index in [1.165, 1.54) is 43.1 Å². The fourth-order valence-electron chi connectivity index (χ4n) is 3.92. The number of nitrogens with one attached hydrogen (secondary N) is 1. The fourth-order valence-corrected chi connectivity index (χ4v) is 4.91. The van der Waals surface area contributed by atoms with Crippen molar-refractivity contribution in [3.8, 4) is 17.4 Å². The SMILES string of the molecule is C[C@H](Nc1nc2ccc(Oc3cncc(-n4cncn4)n3)cc2s1)C1CCCCC1. The first-order chi connectivity index (χ1) is 14.7. The summed E-state index contributed by atoms with van der Waals surface area (Å²) in [6, 6.07) is 6.32. The highest BCUT2D eigenvalue weighted by Gasteiger charge is 2.21. The number of hydrogen-bond donors (Lipinski definition) is 1. The molecule has 3 heterocycles. The molecule has 1 fully saturated rings. The van der Waals surface area contributed by atoms with E-state index in [-0.39, 0.29) is 0 Å². The minimum Gasteiger partial charge on any atom is -0.437 e. The second-order valence-corrected chi connectivity index (χ2v) is 8.67. The molecule has 0 saturated heterocycles. The van der Waals surface area contributed by atoms with Crippen LogP contribution in [0.15, 0.2) is 43.2 Å². The quantitative estimate of drug-likeness (QED) is 0.476. The molecule has 0 spiro atoms. The highest BCUT2D eigenvalue weighted by Crippen LogP contribution is 2.33. The first-order valence-corrected chi connectivity index (χ1v) is 11.1. The zero-order chi connectivity index (χ0) is 20.3. The van der Waals surface area contributed by atoms with Gasteiger partial charge in [-0.05, 0) is 37.8 Å². The lowest BCUT2D eigenvalue weighted by molar-refractivity contribution is 0.328. The highest BCUT2D eigenvalue weighted by molar-refractivity contribution is 7.22. The molecule has 4 aromatic rings. The van der Waals surface area contributed by atoms with E-state index < -0.39 is 0 Å². The van der Waals surface area contributed by atoms with E-state index in [9.17, 15) is 0 Å². The zero-order valence-corrected chi connectivity index (χ0v) is 17.5. The first kappa shape index (κ1) is 18.9. The van der Waals surface area contributed by atoms with Crippen molar-refractivity contribution >= 4 is 26.7 Å². The summed E-state index contributed by atoms with van der Waals surface area (Å²) in [4.78, 5) is 17.3. The molecule has 1 aliphatic carbocycles. The van der Waals surface area contributed by atoms with Gasteiger partial charge in [-0.15, -0.1) is 0 Å². The molecule has 0 bridgehead atoms. The Balaban J connectivity index is 1.31. The summed E-state index contributed by atoms with van der Waals surface area (Å²) in [5.74, 6) is 2.38. The van der Waals surface area contributed by atoms with Crippen LogP contribution < -0.4 is 10.1 Å². The molecular formula is C21H23N7OS. The number of anilines is 1. The molecule has 0 amide bonds. The maximum absolute atomic E-state index is 5.93. The van der Waals surface area contributed by atoms with E-state index in [0.29, 0.717) is 23.5 Å². The van der Waals surface area contributed by atoms with Gasteiger partial charge in [0.25, 0.3) is 0 Å². The molecule has 30 heavy (non-hydrogen) atoms. The van der Waals surface area contributed by atoms with Gasteiger partial charge in [-0.25, -0.2) is 14.6 Å². The van der Waals surface area contributed by atoms with Gasteiger partial charge in [0.1, 0.15) is 18.4 Å². The Morgan fingerprint density at radius 2 is 2.03 bits per heavy atom. The lowest BCUT2D eigenvalue weighted by atomic mass is 9.85.